The van der Waals surface area contributed by atoms with Crippen molar-refractivity contribution in [2.24, 2.45) is 4.99 Å². The van der Waals surface area contributed by atoms with E-state index in [-0.39, 0.29) is 28.1 Å². The molecule has 1 aliphatic heterocycles. The lowest BCUT2D eigenvalue weighted by atomic mass is 10.2. The number of nitriles is 1. The molecule has 1 saturated heterocycles. The predicted octanol–water partition coefficient (Wildman–Crippen LogP) is 3.80. The Bertz CT molecular complexity index is 1690. The highest BCUT2D eigenvalue weighted by atomic mass is 35.5. The number of benzene rings is 1. The fraction of sp³-hybridized carbons (Fsp3) is 0.222. The molecule has 1 atom stereocenters. The third kappa shape index (κ3) is 4.59. The number of aryl methyl sites for hydroxylation is 1. The molecular formula is C27H22ClN5O3. The zero-order chi connectivity index (χ0) is 25.2. The second-order valence-electron chi connectivity index (χ2n) is 8.61. The van der Waals surface area contributed by atoms with E-state index in [2.05, 4.69) is 11.1 Å². The fourth-order valence-electron chi connectivity index (χ4n) is 4.34. The summed E-state index contributed by atoms with van der Waals surface area (Å²) in [6.45, 7) is 2.82. The topological polar surface area (TPSA) is 102 Å². The lowest BCUT2D eigenvalue weighted by molar-refractivity contribution is -0.113. The number of ether oxygens (including phenoxy) is 1. The number of pyridine rings is 2. The Labute approximate surface area is 211 Å². The van der Waals surface area contributed by atoms with Gasteiger partial charge in [-0.05, 0) is 61.2 Å². The van der Waals surface area contributed by atoms with Gasteiger partial charge in [0.05, 0.1) is 23.6 Å². The van der Waals surface area contributed by atoms with Crippen LogP contribution in [0.1, 0.15) is 29.5 Å². The Morgan fingerprint density at radius 3 is 2.83 bits per heavy atom. The van der Waals surface area contributed by atoms with Crippen LogP contribution >= 0.6 is 11.6 Å². The summed E-state index contributed by atoms with van der Waals surface area (Å²) in [6, 6.07) is 14.2. The Morgan fingerprint density at radius 2 is 2.11 bits per heavy atom. The summed E-state index contributed by atoms with van der Waals surface area (Å²) >= 11 is 5.92. The molecule has 1 fully saturated rings. The number of carbonyl (C=O) groups excluding carboxylic acids is 1. The van der Waals surface area contributed by atoms with Gasteiger partial charge in [0.2, 0.25) is 0 Å². The van der Waals surface area contributed by atoms with Crippen LogP contribution in [0, 0.1) is 18.3 Å². The summed E-state index contributed by atoms with van der Waals surface area (Å²) in [5.74, 6) is -0.546. The number of halogens is 1. The molecule has 4 aromatic rings. The van der Waals surface area contributed by atoms with E-state index < -0.39 is 5.91 Å². The van der Waals surface area contributed by atoms with Gasteiger partial charge in [0.25, 0.3) is 11.5 Å². The summed E-state index contributed by atoms with van der Waals surface area (Å²) in [5, 5.41) is 10.8. The largest absolute Gasteiger partial charge is 0.376 e. The second-order valence-corrected chi connectivity index (χ2v) is 9.05. The molecule has 36 heavy (non-hydrogen) atoms. The minimum absolute atomic E-state index is 0.111. The van der Waals surface area contributed by atoms with Gasteiger partial charge < -0.3 is 9.30 Å². The molecule has 0 saturated carbocycles. The number of hydrogen-bond acceptors (Lipinski definition) is 5. The summed E-state index contributed by atoms with van der Waals surface area (Å²) in [6.07, 6.45) is 6.20. The van der Waals surface area contributed by atoms with E-state index in [1.165, 1.54) is 16.5 Å². The maximum atomic E-state index is 13.4. The molecule has 1 unspecified atom stereocenters. The average molecular weight is 500 g/mol. The third-order valence-electron chi connectivity index (χ3n) is 6.14. The lowest BCUT2D eigenvalue weighted by Gasteiger charge is -2.17. The molecule has 8 nitrogen and oxygen atoms in total. The summed E-state index contributed by atoms with van der Waals surface area (Å²) in [7, 11) is 0. The van der Waals surface area contributed by atoms with E-state index in [1.54, 1.807) is 47.2 Å². The summed E-state index contributed by atoms with van der Waals surface area (Å²) in [4.78, 5) is 35.3. The highest BCUT2D eigenvalue weighted by Gasteiger charge is 2.21. The highest BCUT2D eigenvalue weighted by Crippen LogP contribution is 2.18. The van der Waals surface area contributed by atoms with Crippen molar-refractivity contribution in [3.05, 3.63) is 92.3 Å². The van der Waals surface area contributed by atoms with Crippen LogP contribution in [0.15, 0.2) is 64.5 Å². The molecule has 1 amide bonds. The molecule has 1 aromatic carbocycles. The molecule has 3 aromatic heterocycles. The van der Waals surface area contributed by atoms with Crippen LogP contribution in [0.5, 0.6) is 0 Å². The van der Waals surface area contributed by atoms with E-state index in [1.807, 2.05) is 13.0 Å². The summed E-state index contributed by atoms with van der Waals surface area (Å²) in [5.41, 5.74) is 2.43. The smallest absolute Gasteiger partial charge is 0.271 e. The molecule has 5 rings (SSSR count). The molecule has 0 bridgehead atoms. The van der Waals surface area contributed by atoms with Gasteiger partial charge in [0.15, 0.2) is 5.49 Å². The number of hydrogen-bond donors (Lipinski definition) is 0. The van der Waals surface area contributed by atoms with Crippen LogP contribution in [-0.2, 0) is 16.1 Å². The van der Waals surface area contributed by atoms with Crippen molar-refractivity contribution in [1.29, 1.82) is 5.26 Å². The first kappa shape index (κ1) is 23.7. The molecule has 9 heteroatoms. The number of aromatic nitrogens is 3. The van der Waals surface area contributed by atoms with Crippen molar-refractivity contribution in [2.45, 2.75) is 32.4 Å². The van der Waals surface area contributed by atoms with Crippen LogP contribution in [0.4, 0.5) is 0 Å². The Balaban J connectivity index is 1.73. The van der Waals surface area contributed by atoms with Crippen LogP contribution < -0.4 is 11.0 Å². The molecule has 0 radical (unpaired) electrons. The van der Waals surface area contributed by atoms with Gasteiger partial charge in [-0.1, -0.05) is 29.8 Å². The van der Waals surface area contributed by atoms with Crippen molar-refractivity contribution >= 4 is 40.3 Å². The van der Waals surface area contributed by atoms with E-state index in [0.717, 1.165) is 24.0 Å². The maximum Gasteiger partial charge on any atom is 0.271 e. The molecule has 0 aliphatic carbocycles. The predicted molar refractivity (Wildman–Crippen MR) is 136 cm³/mol. The van der Waals surface area contributed by atoms with Crippen molar-refractivity contribution in [1.82, 2.24) is 14.0 Å². The number of fused-ring (bicyclic) bond motifs is 2. The SMILES string of the molecule is Cc1cccn2c(=O)c3cc(C#N)c(=NC(=O)/C=C/c4ccc(Cl)cc4)n(CC4CCCO4)c3nc12. The molecule has 1 aliphatic rings. The van der Waals surface area contributed by atoms with Gasteiger partial charge in [0, 0.05) is 23.9 Å². The minimum Gasteiger partial charge on any atom is -0.376 e. The zero-order valence-electron chi connectivity index (χ0n) is 19.5. The van der Waals surface area contributed by atoms with Crippen LogP contribution in [0.3, 0.4) is 0 Å². The zero-order valence-corrected chi connectivity index (χ0v) is 20.3. The standard InChI is InChI=1S/C27H22ClN5O3/c1-17-4-2-12-32-24(17)31-26-22(27(32)35)14-19(15-29)25(33(26)16-21-5-3-13-36-21)30-23(34)11-8-18-6-9-20(28)10-7-18/h2,4,6-12,14,21H,3,5,13,16H2,1H3/b11-8+,30-25?. The highest BCUT2D eigenvalue weighted by molar-refractivity contribution is 6.30. The second kappa shape index (κ2) is 9.90. The monoisotopic (exact) mass is 499 g/mol. The normalized spacial score (nSPS) is 16.2. The number of rotatable bonds is 4. The van der Waals surface area contributed by atoms with Gasteiger partial charge in [-0.3, -0.25) is 14.0 Å². The first-order valence-electron chi connectivity index (χ1n) is 11.5. The Kier molecular flexibility index (Phi) is 6.51. The lowest BCUT2D eigenvalue weighted by Crippen LogP contribution is -2.32. The quantitative estimate of drug-likeness (QED) is 0.314. The Hall–Kier alpha value is -4.06. The molecule has 180 valence electrons. The molecular weight excluding hydrogens is 478 g/mol. The van der Waals surface area contributed by atoms with E-state index in [9.17, 15) is 14.9 Å². The van der Waals surface area contributed by atoms with Gasteiger partial charge in [-0.25, -0.2) is 4.98 Å². The van der Waals surface area contributed by atoms with Crippen LogP contribution in [-0.4, -0.2) is 32.6 Å². The van der Waals surface area contributed by atoms with E-state index in [0.29, 0.717) is 29.5 Å². The number of amides is 1. The summed E-state index contributed by atoms with van der Waals surface area (Å²) < 4.78 is 8.97. The van der Waals surface area contributed by atoms with Crippen molar-refractivity contribution < 1.29 is 9.53 Å². The van der Waals surface area contributed by atoms with Gasteiger partial charge in [0.1, 0.15) is 17.4 Å². The molecule has 0 N–H and O–H groups in total. The first-order valence-corrected chi connectivity index (χ1v) is 11.9. The van der Waals surface area contributed by atoms with Crippen LogP contribution in [0.25, 0.3) is 22.8 Å². The average Bonchev–Trinajstić information content (AvgIpc) is 3.39. The van der Waals surface area contributed by atoms with Crippen molar-refractivity contribution in [3.8, 4) is 6.07 Å². The number of carbonyl (C=O) groups is 1. The molecule has 4 heterocycles. The van der Waals surface area contributed by atoms with Gasteiger partial charge in [-0.15, -0.1) is 0 Å². The maximum absolute atomic E-state index is 13.4. The van der Waals surface area contributed by atoms with Crippen molar-refractivity contribution in [2.75, 3.05) is 6.61 Å². The van der Waals surface area contributed by atoms with Crippen LogP contribution in [0.2, 0.25) is 5.02 Å². The molecule has 0 spiro atoms. The Morgan fingerprint density at radius 1 is 1.31 bits per heavy atom. The van der Waals surface area contributed by atoms with E-state index >= 15 is 0 Å². The van der Waals surface area contributed by atoms with Gasteiger partial charge >= 0.3 is 0 Å². The number of nitrogens with zero attached hydrogens (tertiary/aromatic N) is 5. The van der Waals surface area contributed by atoms with Crippen molar-refractivity contribution in [3.63, 3.8) is 0 Å². The third-order valence-corrected chi connectivity index (χ3v) is 6.39. The van der Waals surface area contributed by atoms with Gasteiger partial charge in [-0.2, -0.15) is 10.3 Å². The minimum atomic E-state index is -0.546. The fourth-order valence-corrected chi connectivity index (χ4v) is 4.46. The van der Waals surface area contributed by atoms with E-state index in [4.69, 9.17) is 21.3 Å². The first-order chi connectivity index (χ1) is 17.4.